The number of carbonyl (C=O) groups excluding carboxylic acids is 2. The number of thiazole rings is 1. The van der Waals surface area contributed by atoms with Gasteiger partial charge in [-0.25, -0.2) is 13.8 Å². The van der Waals surface area contributed by atoms with Crippen LogP contribution in [0.5, 0.6) is 0 Å². The number of amides is 2. The summed E-state index contributed by atoms with van der Waals surface area (Å²) >= 11 is 1.02. The van der Waals surface area contributed by atoms with Gasteiger partial charge in [-0.05, 0) is 17.9 Å². The highest BCUT2D eigenvalue weighted by Gasteiger charge is 2.32. The second-order valence-electron chi connectivity index (χ2n) is 7.81. The molecule has 1 N–H and O–H groups in total. The molecule has 1 aliphatic heterocycles. The lowest BCUT2D eigenvalue weighted by atomic mass is 9.92. The summed E-state index contributed by atoms with van der Waals surface area (Å²) in [6.45, 7) is 6.92. The molecule has 0 saturated carbocycles. The predicted molar refractivity (Wildman–Crippen MR) is 96.9 cm³/mol. The summed E-state index contributed by atoms with van der Waals surface area (Å²) < 4.78 is 27.3. The monoisotopic (exact) mass is 381 g/mol. The minimum atomic E-state index is -0.753. The fourth-order valence-electron chi connectivity index (χ4n) is 2.98. The Labute approximate surface area is 154 Å². The van der Waals surface area contributed by atoms with Crippen molar-refractivity contribution in [2.24, 2.45) is 11.3 Å². The fourth-order valence-corrected chi connectivity index (χ4v) is 3.89. The normalized spacial score (nSPS) is 17.7. The number of aromatic nitrogens is 1. The van der Waals surface area contributed by atoms with E-state index in [1.165, 1.54) is 6.07 Å². The van der Waals surface area contributed by atoms with Gasteiger partial charge in [0.15, 0.2) is 10.9 Å². The molecule has 1 atom stereocenters. The lowest BCUT2D eigenvalue weighted by Gasteiger charge is -2.22. The van der Waals surface area contributed by atoms with Gasteiger partial charge in [0, 0.05) is 25.6 Å². The van der Waals surface area contributed by atoms with Crippen molar-refractivity contribution in [3.05, 3.63) is 23.8 Å². The maximum Gasteiger partial charge on any atom is 0.231 e. The Morgan fingerprint density at radius 2 is 2.08 bits per heavy atom. The lowest BCUT2D eigenvalue weighted by Crippen LogP contribution is -2.33. The first-order chi connectivity index (χ1) is 12.1. The number of hydrogen-bond acceptors (Lipinski definition) is 4. The van der Waals surface area contributed by atoms with Gasteiger partial charge in [-0.1, -0.05) is 32.1 Å². The lowest BCUT2D eigenvalue weighted by molar-refractivity contribution is -0.132. The van der Waals surface area contributed by atoms with Gasteiger partial charge in [-0.15, -0.1) is 0 Å². The van der Waals surface area contributed by atoms with Crippen LogP contribution in [-0.4, -0.2) is 34.8 Å². The van der Waals surface area contributed by atoms with Crippen LogP contribution < -0.4 is 5.32 Å². The summed E-state index contributed by atoms with van der Waals surface area (Å²) in [6.07, 6.45) is 1.01. The zero-order valence-electron chi connectivity index (χ0n) is 14.9. The van der Waals surface area contributed by atoms with Crippen LogP contribution in [-0.2, 0) is 9.59 Å². The number of benzene rings is 1. The van der Waals surface area contributed by atoms with Gasteiger partial charge in [0.2, 0.25) is 11.8 Å². The number of halogens is 2. The summed E-state index contributed by atoms with van der Waals surface area (Å²) in [5.41, 5.74) is -0.0577. The van der Waals surface area contributed by atoms with Crippen molar-refractivity contribution in [1.82, 2.24) is 9.88 Å². The van der Waals surface area contributed by atoms with E-state index in [0.717, 1.165) is 17.4 Å². The van der Waals surface area contributed by atoms with E-state index in [-0.39, 0.29) is 33.8 Å². The van der Waals surface area contributed by atoms with Gasteiger partial charge in [0.1, 0.15) is 11.3 Å². The number of rotatable bonds is 3. The second kappa shape index (κ2) is 6.90. The number of fused-ring (bicyclic) bond motifs is 1. The predicted octanol–water partition coefficient (Wildman–Crippen LogP) is 3.80. The third kappa shape index (κ3) is 4.17. The van der Waals surface area contributed by atoms with Gasteiger partial charge >= 0.3 is 0 Å². The number of nitrogens with one attached hydrogen (secondary N) is 1. The Morgan fingerprint density at radius 3 is 2.77 bits per heavy atom. The van der Waals surface area contributed by atoms with Gasteiger partial charge in [0.25, 0.3) is 0 Å². The van der Waals surface area contributed by atoms with Crippen LogP contribution in [0.3, 0.4) is 0 Å². The molecule has 1 saturated heterocycles. The first-order valence-electron chi connectivity index (χ1n) is 8.46. The highest BCUT2D eigenvalue weighted by atomic mass is 32.1. The highest BCUT2D eigenvalue weighted by Crippen LogP contribution is 2.30. The van der Waals surface area contributed by atoms with E-state index in [1.54, 1.807) is 4.90 Å². The van der Waals surface area contributed by atoms with Crippen LogP contribution in [0.25, 0.3) is 10.2 Å². The molecule has 1 unspecified atom stereocenters. The Hall–Kier alpha value is -2.09. The summed E-state index contributed by atoms with van der Waals surface area (Å²) in [5, 5.41) is 2.90. The Kier molecular flexibility index (Phi) is 4.96. The molecular formula is C18H21F2N3O2S. The van der Waals surface area contributed by atoms with E-state index in [4.69, 9.17) is 0 Å². The molecule has 1 fully saturated rings. The smallest absolute Gasteiger partial charge is 0.231 e. The minimum absolute atomic E-state index is 0.0418. The largest absolute Gasteiger partial charge is 0.342 e. The SMILES string of the molecule is CC(C)(C)CC(=O)N1CCC(C(=O)Nc2nc3c(F)cc(F)cc3s2)C1. The van der Waals surface area contributed by atoms with E-state index >= 15 is 0 Å². The molecule has 8 heteroatoms. The van der Waals surface area contributed by atoms with Gasteiger partial charge in [-0.3, -0.25) is 9.59 Å². The number of hydrogen-bond donors (Lipinski definition) is 1. The van der Waals surface area contributed by atoms with E-state index in [9.17, 15) is 18.4 Å². The molecule has 1 aliphatic rings. The first kappa shape index (κ1) is 18.7. The summed E-state index contributed by atoms with van der Waals surface area (Å²) in [7, 11) is 0. The molecular weight excluding hydrogens is 360 g/mol. The molecule has 0 radical (unpaired) electrons. The van der Waals surface area contributed by atoms with Crippen LogP contribution in [0.15, 0.2) is 12.1 Å². The van der Waals surface area contributed by atoms with Crippen LogP contribution in [0, 0.1) is 23.0 Å². The van der Waals surface area contributed by atoms with Crippen molar-refractivity contribution in [3.63, 3.8) is 0 Å². The summed E-state index contributed by atoms with van der Waals surface area (Å²) in [6, 6.07) is 1.96. The third-order valence-corrected chi connectivity index (χ3v) is 5.15. The van der Waals surface area contributed by atoms with Crippen molar-refractivity contribution in [1.29, 1.82) is 0 Å². The molecule has 5 nitrogen and oxygen atoms in total. The van der Waals surface area contributed by atoms with Crippen molar-refractivity contribution in [2.75, 3.05) is 18.4 Å². The van der Waals surface area contributed by atoms with E-state index in [1.807, 2.05) is 20.8 Å². The molecule has 2 amide bonds. The standard InChI is InChI=1S/C18H21F2N3O2S/c1-18(2,3)8-14(24)23-5-4-10(9-23)16(25)22-17-21-15-12(20)6-11(19)7-13(15)26-17/h6-7,10H,4-5,8-9H2,1-3H3,(H,21,22,25). The zero-order valence-corrected chi connectivity index (χ0v) is 15.8. The first-order valence-corrected chi connectivity index (χ1v) is 9.28. The van der Waals surface area contributed by atoms with Crippen molar-refractivity contribution in [2.45, 2.75) is 33.6 Å². The van der Waals surface area contributed by atoms with Crippen LogP contribution in [0.2, 0.25) is 0 Å². The Bertz CT molecular complexity index is 860. The number of likely N-dealkylation sites (tertiary alicyclic amines) is 1. The number of carbonyl (C=O) groups is 2. The Balaban J connectivity index is 1.64. The minimum Gasteiger partial charge on any atom is -0.342 e. The molecule has 2 aromatic rings. The molecule has 1 aromatic heterocycles. The average molecular weight is 381 g/mol. The molecule has 140 valence electrons. The topological polar surface area (TPSA) is 62.3 Å². The van der Waals surface area contributed by atoms with Gasteiger partial charge in [0.05, 0.1) is 10.6 Å². The average Bonchev–Trinajstić information content (AvgIpc) is 3.12. The number of anilines is 1. The second-order valence-corrected chi connectivity index (χ2v) is 8.84. The molecule has 3 rings (SSSR count). The summed E-state index contributed by atoms with van der Waals surface area (Å²) in [4.78, 5) is 30.5. The summed E-state index contributed by atoms with van der Waals surface area (Å²) in [5.74, 6) is -1.97. The molecule has 0 bridgehead atoms. The molecule has 2 heterocycles. The Morgan fingerprint density at radius 1 is 1.35 bits per heavy atom. The highest BCUT2D eigenvalue weighted by molar-refractivity contribution is 7.22. The van der Waals surface area contributed by atoms with Crippen LogP contribution in [0.1, 0.15) is 33.6 Å². The maximum atomic E-state index is 13.7. The fraction of sp³-hybridized carbons (Fsp3) is 0.500. The van der Waals surface area contributed by atoms with Crippen molar-refractivity contribution < 1.29 is 18.4 Å². The van der Waals surface area contributed by atoms with E-state index < -0.39 is 11.6 Å². The van der Waals surface area contributed by atoms with Crippen molar-refractivity contribution >= 4 is 38.5 Å². The van der Waals surface area contributed by atoms with Gasteiger partial charge in [-0.2, -0.15) is 0 Å². The molecule has 26 heavy (non-hydrogen) atoms. The molecule has 1 aromatic carbocycles. The van der Waals surface area contributed by atoms with E-state index in [0.29, 0.717) is 30.6 Å². The van der Waals surface area contributed by atoms with Crippen LogP contribution >= 0.6 is 11.3 Å². The van der Waals surface area contributed by atoms with Crippen LogP contribution in [0.4, 0.5) is 13.9 Å². The van der Waals surface area contributed by atoms with E-state index in [2.05, 4.69) is 10.3 Å². The zero-order chi connectivity index (χ0) is 19.1. The molecule has 0 spiro atoms. The number of nitrogens with zero attached hydrogens (tertiary/aromatic N) is 2. The third-order valence-electron chi connectivity index (χ3n) is 4.24. The molecule has 0 aliphatic carbocycles. The van der Waals surface area contributed by atoms with Gasteiger partial charge < -0.3 is 10.2 Å². The maximum absolute atomic E-state index is 13.7. The van der Waals surface area contributed by atoms with Crippen molar-refractivity contribution in [3.8, 4) is 0 Å². The quantitative estimate of drug-likeness (QED) is 0.880.